The molecule has 0 aliphatic carbocycles. The van der Waals surface area contributed by atoms with Gasteiger partial charge in [0, 0.05) is 32.7 Å². The van der Waals surface area contributed by atoms with E-state index < -0.39 is 0 Å². The van der Waals surface area contributed by atoms with Gasteiger partial charge >= 0.3 is 0 Å². The summed E-state index contributed by atoms with van der Waals surface area (Å²) in [6.45, 7) is 3.02. The number of nitrogens with one attached hydrogen (secondary N) is 2. The van der Waals surface area contributed by atoms with Gasteiger partial charge in [-0.2, -0.15) is 0 Å². The fraction of sp³-hybridized carbons (Fsp3) is 0.600. The molecule has 6 nitrogen and oxygen atoms in total. The van der Waals surface area contributed by atoms with E-state index in [9.17, 15) is 4.79 Å². The summed E-state index contributed by atoms with van der Waals surface area (Å²) in [5.41, 5.74) is 0. The molecule has 6 heteroatoms. The van der Waals surface area contributed by atoms with Gasteiger partial charge in [-0.3, -0.25) is 9.69 Å². The van der Waals surface area contributed by atoms with Gasteiger partial charge in [-0.1, -0.05) is 5.16 Å². The lowest BCUT2D eigenvalue weighted by Gasteiger charge is -2.33. The molecule has 16 heavy (non-hydrogen) atoms. The third-order valence-corrected chi connectivity index (χ3v) is 2.75. The number of carbonyl (C=O) groups is 1. The highest BCUT2D eigenvalue weighted by atomic mass is 16.5. The van der Waals surface area contributed by atoms with Gasteiger partial charge in [-0.25, -0.2) is 0 Å². The quantitative estimate of drug-likeness (QED) is 0.703. The van der Waals surface area contributed by atoms with Crippen molar-refractivity contribution in [2.24, 2.45) is 0 Å². The second-order valence-electron chi connectivity index (χ2n) is 3.78. The molecule has 1 unspecified atom stereocenters. The van der Waals surface area contributed by atoms with Crippen LogP contribution >= 0.6 is 0 Å². The molecule has 1 aliphatic heterocycles. The van der Waals surface area contributed by atoms with Crippen molar-refractivity contribution >= 4 is 5.91 Å². The van der Waals surface area contributed by atoms with Crippen LogP contribution in [0.5, 0.6) is 0 Å². The smallest absolute Gasteiger partial charge is 0.238 e. The van der Waals surface area contributed by atoms with Crippen LogP contribution in [-0.4, -0.2) is 48.7 Å². The lowest BCUT2D eigenvalue weighted by Crippen LogP contribution is -2.56. The average Bonchev–Trinajstić information content (AvgIpc) is 2.82. The summed E-state index contributed by atoms with van der Waals surface area (Å²) in [5.74, 6) is 0.822. The Bertz CT molecular complexity index is 339. The molecule has 1 amide bonds. The van der Waals surface area contributed by atoms with Crippen molar-refractivity contribution in [3.63, 3.8) is 0 Å². The highest BCUT2D eigenvalue weighted by molar-refractivity contribution is 5.81. The van der Waals surface area contributed by atoms with Crippen molar-refractivity contribution in [1.29, 1.82) is 0 Å². The maximum Gasteiger partial charge on any atom is 0.238 e. The van der Waals surface area contributed by atoms with Crippen molar-refractivity contribution in [2.75, 3.05) is 26.7 Å². The molecule has 88 valence electrons. The van der Waals surface area contributed by atoms with E-state index in [1.165, 1.54) is 0 Å². The zero-order valence-electron chi connectivity index (χ0n) is 9.27. The number of amides is 1. The molecule has 1 aliphatic rings. The van der Waals surface area contributed by atoms with Crippen molar-refractivity contribution in [3.8, 4) is 0 Å². The fourth-order valence-corrected chi connectivity index (χ4v) is 1.88. The van der Waals surface area contributed by atoms with Gasteiger partial charge in [0.15, 0.2) is 5.76 Å². The second-order valence-corrected chi connectivity index (χ2v) is 3.78. The molecule has 2 rings (SSSR count). The summed E-state index contributed by atoms with van der Waals surface area (Å²) in [7, 11) is 1.66. The van der Waals surface area contributed by atoms with E-state index in [0.717, 1.165) is 18.8 Å². The first-order chi connectivity index (χ1) is 7.81. The Labute approximate surface area is 94.0 Å². The molecule has 1 aromatic heterocycles. The first-order valence-corrected chi connectivity index (χ1v) is 5.37. The maximum absolute atomic E-state index is 11.7. The van der Waals surface area contributed by atoms with Crippen LogP contribution < -0.4 is 10.6 Å². The normalized spacial score (nSPS) is 21.9. The van der Waals surface area contributed by atoms with Crippen molar-refractivity contribution in [3.05, 3.63) is 18.0 Å². The summed E-state index contributed by atoms with van der Waals surface area (Å²) in [6, 6.07) is 1.69. The first kappa shape index (κ1) is 11.1. The largest absolute Gasteiger partial charge is 0.360 e. The number of likely N-dealkylation sites (N-methyl/N-ethyl adjacent to an activating group) is 1. The van der Waals surface area contributed by atoms with Gasteiger partial charge in [0.2, 0.25) is 5.91 Å². The molecule has 0 aromatic carbocycles. The van der Waals surface area contributed by atoms with Crippen molar-refractivity contribution in [1.82, 2.24) is 20.7 Å². The Morgan fingerprint density at radius 3 is 3.38 bits per heavy atom. The molecule has 2 heterocycles. The Morgan fingerprint density at radius 2 is 2.69 bits per heavy atom. The predicted octanol–water partition coefficient (Wildman–Crippen LogP) is -0.806. The second kappa shape index (κ2) is 5.09. The van der Waals surface area contributed by atoms with Crippen LogP contribution in [0, 0.1) is 0 Å². The highest BCUT2D eigenvalue weighted by Gasteiger charge is 2.28. The molecule has 0 spiro atoms. The molecular formula is C10H16N4O2. The summed E-state index contributed by atoms with van der Waals surface area (Å²) in [4.78, 5) is 13.8. The molecular weight excluding hydrogens is 208 g/mol. The van der Waals surface area contributed by atoms with Crippen LogP contribution in [0.3, 0.4) is 0 Å². The summed E-state index contributed by atoms with van der Waals surface area (Å²) >= 11 is 0. The van der Waals surface area contributed by atoms with Crippen LogP contribution in [0.25, 0.3) is 0 Å². The minimum Gasteiger partial charge on any atom is -0.360 e. The minimum absolute atomic E-state index is 0.0340. The number of nitrogens with zero attached hydrogens (tertiary/aromatic N) is 2. The SMILES string of the molecule is CNC(=O)C1CNCCN1Cc1ccno1. The average molecular weight is 224 g/mol. The number of rotatable bonds is 3. The zero-order chi connectivity index (χ0) is 11.4. The van der Waals surface area contributed by atoms with E-state index in [2.05, 4.69) is 20.7 Å². The molecule has 0 saturated carbocycles. The Kier molecular flexibility index (Phi) is 3.53. The van der Waals surface area contributed by atoms with Crippen LogP contribution in [0.4, 0.5) is 0 Å². The van der Waals surface area contributed by atoms with Gasteiger partial charge in [0.1, 0.15) is 6.04 Å². The van der Waals surface area contributed by atoms with E-state index in [1.807, 2.05) is 6.07 Å². The molecule has 1 atom stereocenters. The van der Waals surface area contributed by atoms with Crippen LogP contribution in [0.2, 0.25) is 0 Å². The predicted molar refractivity (Wildman–Crippen MR) is 57.6 cm³/mol. The standard InChI is InChI=1S/C10H16N4O2/c1-11-10(15)9-6-12-4-5-14(9)7-8-2-3-13-16-8/h2-3,9,12H,4-7H2,1H3,(H,11,15). The van der Waals surface area contributed by atoms with E-state index in [-0.39, 0.29) is 11.9 Å². The van der Waals surface area contributed by atoms with Gasteiger partial charge < -0.3 is 15.2 Å². The van der Waals surface area contributed by atoms with E-state index >= 15 is 0 Å². The monoisotopic (exact) mass is 224 g/mol. The number of hydrogen-bond donors (Lipinski definition) is 2. The topological polar surface area (TPSA) is 70.4 Å². The Morgan fingerprint density at radius 1 is 1.81 bits per heavy atom. The molecule has 2 N–H and O–H groups in total. The van der Waals surface area contributed by atoms with Crippen LogP contribution in [0.1, 0.15) is 5.76 Å². The van der Waals surface area contributed by atoms with Gasteiger partial charge in [-0.05, 0) is 0 Å². The molecule has 0 bridgehead atoms. The summed E-state index contributed by atoms with van der Waals surface area (Å²) < 4.78 is 5.05. The zero-order valence-corrected chi connectivity index (χ0v) is 9.27. The minimum atomic E-state index is -0.135. The lowest BCUT2D eigenvalue weighted by molar-refractivity contribution is -0.126. The molecule has 0 radical (unpaired) electrons. The number of piperazine rings is 1. The van der Waals surface area contributed by atoms with Crippen LogP contribution in [0.15, 0.2) is 16.8 Å². The van der Waals surface area contributed by atoms with Crippen LogP contribution in [-0.2, 0) is 11.3 Å². The highest BCUT2D eigenvalue weighted by Crippen LogP contribution is 2.09. The van der Waals surface area contributed by atoms with Gasteiger partial charge in [0.05, 0.1) is 12.7 Å². The van der Waals surface area contributed by atoms with E-state index in [1.54, 1.807) is 13.2 Å². The molecule has 1 saturated heterocycles. The third-order valence-electron chi connectivity index (χ3n) is 2.75. The molecule has 1 aromatic rings. The fourth-order valence-electron chi connectivity index (χ4n) is 1.88. The number of hydrogen-bond acceptors (Lipinski definition) is 5. The Balaban J connectivity index is 2.02. The summed E-state index contributed by atoms with van der Waals surface area (Å²) in [5, 5.41) is 9.55. The Hall–Kier alpha value is -1.40. The number of aromatic nitrogens is 1. The van der Waals surface area contributed by atoms with E-state index in [0.29, 0.717) is 13.1 Å². The number of carbonyl (C=O) groups excluding carboxylic acids is 1. The van der Waals surface area contributed by atoms with Crippen molar-refractivity contribution < 1.29 is 9.32 Å². The summed E-state index contributed by atoms with van der Waals surface area (Å²) in [6.07, 6.45) is 1.62. The lowest BCUT2D eigenvalue weighted by atomic mass is 10.1. The maximum atomic E-state index is 11.7. The third kappa shape index (κ3) is 2.40. The van der Waals surface area contributed by atoms with Gasteiger partial charge in [0.25, 0.3) is 0 Å². The van der Waals surface area contributed by atoms with E-state index in [4.69, 9.17) is 4.52 Å². The molecule has 1 fully saturated rings. The van der Waals surface area contributed by atoms with Crippen molar-refractivity contribution in [2.45, 2.75) is 12.6 Å². The first-order valence-electron chi connectivity index (χ1n) is 5.37. The van der Waals surface area contributed by atoms with Gasteiger partial charge in [-0.15, -0.1) is 0 Å².